The standard InChI is InChI=1S/C12H13ClN4O/c1-7-15-11(6-14)17-12(16-7)9-5-8(13)3-4-10(9)18-2/h3-5H,6,14H2,1-2H3. The van der Waals surface area contributed by atoms with Gasteiger partial charge in [-0.15, -0.1) is 0 Å². The van der Waals surface area contributed by atoms with Crippen LogP contribution in [0, 0.1) is 6.92 Å². The summed E-state index contributed by atoms with van der Waals surface area (Å²) in [5.41, 5.74) is 6.28. The van der Waals surface area contributed by atoms with Gasteiger partial charge in [0, 0.05) is 5.02 Å². The van der Waals surface area contributed by atoms with Gasteiger partial charge < -0.3 is 10.5 Å². The van der Waals surface area contributed by atoms with E-state index < -0.39 is 0 Å². The third-order valence-electron chi connectivity index (χ3n) is 2.38. The number of halogens is 1. The number of aryl methyl sites for hydroxylation is 1. The van der Waals surface area contributed by atoms with Crippen LogP contribution in [0.2, 0.25) is 5.02 Å². The summed E-state index contributed by atoms with van der Waals surface area (Å²) in [6.07, 6.45) is 0. The van der Waals surface area contributed by atoms with E-state index in [9.17, 15) is 0 Å². The average Bonchev–Trinajstić information content (AvgIpc) is 2.38. The Morgan fingerprint density at radius 1 is 1.28 bits per heavy atom. The molecule has 0 fully saturated rings. The topological polar surface area (TPSA) is 73.9 Å². The van der Waals surface area contributed by atoms with Crippen molar-refractivity contribution in [1.82, 2.24) is 15.0 Å². The van der Waals surface area contributed by atoms with E-state index in [4.69, 9.17) is 22.1 Å². The largest absolute Gasteiger partial charge is 0.496 e. The Labute approximate surface area is 110 Å². The molecule has 0 unspecified atom stereocenters. The van der Waals surface area contributed by atoms with Gasteiger partial charge in [0.25, 0.3) is 0 Å². The van der Waals surface area contributed by atoms with E-state index in [1.807, 2.05) is 0 Å². The molecule has 2 N–H and O–H groups in total. The van der Waals surface area contributed by atoms with Crippen molar-refractivity contribution in [3.63, 3.8) is 0 Å². The molecular weight excluding hydrogens is 252 g/mol. The highest BCUT2D eigenvalue weighted by molar-refractivity contribution is 6.30. The first-order valence-electron chi connectivity index (χ1n) is 5.39. The molecule has 0 saturated carbocycles. The van der Waals surface area contributed by atoms with Crippen molar-refractivity contribution in [3.05, 3.63) is 34.9 Å². The molecule has 1 aromatic carbocycles. The second-order valence-corrected chi connectivity index (χ2v) is 4.11. The van der Waals surface area contributed by atoms with Crippen molar-refractivity contribution >= 4 is 11.6 Å². The first kappa shape index (κ1) is 12.7. The molecule has 0 aliphatic heterocycles. The van der Waals surface area contributed by atoms with Gasteiger partial charge in [-0.05, 0) is 25.1 Å². The van der Waals surface area contributed by atoms with Gasteiger partial charge in [0.05, 0.1) is 19.2 Å². The molecule has 0 radical (unpaired) electrons. The van der Waals surface area contributed by atoms with Crippen molar-refractivity contribution in [2.75, 3.05) is 7.11 Å². The van der Waals surface area contributed by atoms with Crippen LogP contribution in [0.3, 0.4) is 0 Å². The van der Waals surface area contributed by atoms with E-state index in [1.54, 1.807) is 32.2 Å². The van der Waals surface area contributed by atoms with E-state index in [0.29, 0.717) is 28.2 Å². The number of benzene rings is 1. The summed E-state index contributed by atoms with van der Waals surface area (Å²) in [5, 5.41) is 0.596. The van der Waals surface area contributed by atoms with Crippen LogP contribution in [0.15, 0.2) is 18.2 Å². The maximum absolute atomic E-state index is 5.99. The molecule has 0 aliphatic carbocycles. The number of methoxy groups -OCH3 is 1. The maximum atomic E-state index is 5.99. The third kappa shape index (κ3) is 2.57. The van der Waals surface area contributed by atoms with Crippen LogP contribution >= 0.6 is 11.6 Å². The Morgan fingerprint density at radius 2 is 2.06 bits per heavy atom. The van der Waals surface area contributed by atoms with Crippen LogP contribution in [-0.2, 0) is 6.54 Å². The molecule has 0 spiro atoms. The molecular formula is C12H13ClN4O. The van der Waals surface area contributed by atoms with Crippen molar-refractivity contribution in [3.8, 4) is 17.1 Å². The minimum Gasteiger partial charge on any atom is -0.496 e. The van der Waals surface area contributed by atoms with Crippen LogP contribution in [0.1, 0.15) is 11.6 Å². The molecule has 1 aromatic heterocycles. The summed E-state index contributed by atoms with van der Waals surface area (Å²) in [6, 6.07) is 5.29. The van der Waals surface area contributed by atoms with Gasteiger partial charge in [-0.2, -0.15) is 0 Å². The lowest BCUT2D eigenvalue weighted by Crippen LogP contribution is -2.07. The quantitative estimate of drug-likeness (QED) is 0.917. The fraction of sp³-hybridized carbons (Fsp3) is 0.250. The summed E-state index contributed by atoms with van der Waals surface area (Å²) in [5.74, 6) is 2.33. The van der Waals surface area contributed by atoms with Gasteiger partial charge in [-0.1, -0.05) is 11.6 Å². The minimum absolute atomic E-state index is 0.263. The number of rotatable bonds is 3. The van der Waals surface area contributed by atoms with Crippen molar-refractivity contribution in [1.29, 1.82) is 0 Å². The minimum atomic E-state index is 0.263. The lowest BCUT2D eigenvalue weighted by Gasteiger charge is -2.09. The summed E-state index contributed by atoms with van der Waals surface area (Å²) >= 11 is 5.99. The Bertz CT molecular complexity index is 574. The zero-order chi connectivity index (χ0) is 13.1. The van der Waals surface area contributed by atoms with E-state index in [-0.39, 0.29) is 6.54 Å². The van der Waals surface area contributed by atoms with E-state index in [2.05, 4.69) is 15.0 Å². The van der Waals surface area contributed by atoms with E-state index in [0.717, 1.165) is 5.56 Å². The van der Waals surface area contributed by atoms with E-state index >= 15 is 0 Å². The number of ether oxygens (including phenoxy) is 1. The van der Waals surface area contributed by atoms with Crippen molar-refractivity contribution < 1.29 is 4.74 Å². The number of hydrogen-bond donors (Lipinski definition) is 1. The summed E-state index contributed by atoms with van der Waals surface area (Å²) in [7, 11) is 1.59. The normalized spacial score (nSPS) is 10.4. The zero-order valence-electron chi connectivity index (χ0n) is 10.1. The van der Waals surface area contributed by atoms with Crippen molar-refractivity contribution in [2.24, 2.45) is 5.73 Å². The molecule has 0 saturated heterocycles. The molecule has 94 valence electrons. The van der Waals surface area contributed by atoms with Gasteiger partial charge in [0.15, 0.2) is 5.82 Å². The second-order valence-electron chi connectivity index (χ2n) is 3.67. The fourth-order valence-electron chi connectivity index (χ4n) is 1.60. The van der Waals surface area contributed by atoms with Gasteiger partial charge >= 0.3 is 0 Å². The Balaban J connectivity index is 2.60. The lowest BCUT2D eigenvalue weighted by molar-refractivity contribution is 0.416. The van der Waals surface area contributed by atoms with Crippen LogP contribution in [0.25, 0.3) is 11.4 Å². The molecule has 0 atom stereocenters. The zero-order valence-corrected chi connectivity index (χ0v) is 10.9. The molecule has 0 amide bonds. The van der Waals surface area contributed by atoms with Gasteiger partial charge in [-0.3, -0.25) is 0 Å². The highest BCUT2D eigenvalue weighted by Crippen LogP contribution is 2.30. The molecule has 1 heterocycles. The summed E-state index contributed by atoms with van der Waals surface area (Å²) in [6.45, 7) is 2.06. The van der Waals surface area contributed by atoms with Gasteiger partial charge in [0.1, 0.15) is 17.4 Å². The maximum Gasteiger partial charge on any atom is 0.167 e. The SMILES string of the molecule is COc1ccc(Cl)cc1-c1nc(C)nc(CN)n1. The van der Waals surface area contributed by atoms with Gasteiger partial charge in [0.2, 0.25) is 0 Å². The number of nitrogens with zero attached hydrogens (tertiary/aromatic N) is 3. The second kappa shape index (κ2) is 5.29. The van der Waals surface area contributed by atoms with Crippen LogP contribution in [0.4, 0.5) is 0 Å². The number of hydrogen-bond acceptors (Lipinski definition) is 5. The van der Waals surface area contributed by atoms with Crippen molar-refractivity contribution in [2.45, 2.75) is 13.5 Å². The first-order chi connectivity index (χ1) is 8.63. The average molecular weight is 265 g/mol. The predicted molar refractivity (Wildman–Crippen MR) is 69.5 cm³/mol. The number of nitrogens with two attached hydrogens (primary N) is 1. The van der Waals surface area contributed by atoms with E-state index in [1.165, 1.54) is 0 Å². The lowest BCUT2D eigenvalue weighted by atomic mass is 10.2. The molecule has 2 aromatic rings. The summed E-state index contributed by atoms with van der Waals surface area (Å²) in [4.78, 5) is 12.7. The highest BCUT2D eigenvalue weighted by atomic mass is 35.5. The summed E-state index contributed by atoms with van der Waals surface area (Å²) < 4.78 is 5.28. The molecule has 5 nitrogen and oxygen atoms in total. The highest BCUT2D eigenvalue weighted by Gasteiger charge is 2.11. The molecule has 0 aliphatic rings. The Morgan fingerprint density at radius 3 is 2.72 bits per heavy atom. The Hall–Kier alpha value is -1.72. The molecule has 2 rings (SSSR count). The molecule has 18 heavy (non-hydrogen) atoms. The number of aromatic nitrogens is 3. The fourth-order valence-corrected chi connectivity index (χ4v) is 1.78. The monoisotopic (exact) mass is 264 g/mol. The predicted octanol–water partition coefficient (Wildman–Crippen LogP) is 1.97. The van der Waals surface area contributed by atoms with Crippen LogP contribution in [-0.4, -0.2) is 22.1 Å². The molecule has 6 heteroatoms. The van der Waals surface area contributed by atoms with Crippen LogP contribution < -0.4 is 10.5 Å². The third-order valence-corrected chi connectivity index (χ3v) is 2.61. The van der Waals surface area contributed by atoms with Crippen LogP contribution in [0.5, 0.6) is 5.75 Å². The Kier molecular flexibility index (Phi) is 3.74. The smallest absolute Gasteiger partial charge is 0.167 e. The first-order valence-corrected chi connectivity index (χ1v) is 5.77. The van der Waals surface area contributed by atoms with Gasteiger partial charge in [-0.25, -0.2) is 15.0 Å². The molecule has 0 bridgehead atoms.